The van der Waals surface area contributed by atoms with Crippen LogP contribution in [0.1, 0.15) is 37.3 Å². The number of hydrogen-bond donors (Lipinski definition) is 1. The van der Waals surface area contributed by atoms with Gasteiger partial charge in [0.25, 0.3) is 0 Å². The number of thiocarbonyl (C=S) groups is 1. The molecule has 4 aromatic rings. The molecule has 1 fully saturated rings. The number of nitrogens with one attached hydrogen (secondary N) is 1. The Bertz CT molecular complexity index is 1340. The highest BCUT2D eigenvalue weighted by atomic mass is 35.5. The monoisotopic (exact) mass is 506 g/mol. The Morgan fingerprint density at radius 2 is 1.80 bits per heavy atom. The highest BCUT2D eigenvalue weighted by molar-refractivity contribution is 7.80. The minimum atomic E-state index is -0.454. The lowest BCUT2D eigenvalue weighted by Gasteiger charge is -2.29. The van der Waals surface area contributed by atoms with Crippen LogP contribution in [0, 0.1) is 5.82 Å². The summed E-state index contributed by atoms with van der Waals surface area (Å²) in [5.41, 5.74) is 3.51. The van der Waals surface area contributed by atoms with E-state index in [-0.39, 0.29) is 23.2 Å². The highest BCUT2D eigenvalue weighted by Crippen LogP contribution is 2.42. The molecule has 0 bridgehead atoms. The first kappa shape index (κ1) is 23.3. The van der Waals surface area contributed by atoms with Gasteiger partial charge in [-0.15, -0.1) is 0 Å². The first-order chi connectivity index (χ1) is 16.9. The van der Waals surface area contributed by atoms with Crippen molar-refractivity contribution in [3.63, 3.8) is 0 Å². The van der Waals surface area contributed by atoms with E-state index in [4.69, 9.17) is 28.6 Å². The summed E-state index contributed by atoms with van der Waals surface area (Å²) in [7, 11) is 0. The fraction of sp³-hybridized carbons (Fsp3) is 0.185. The number of rotatable bonds is 6. The van der Waals surface area contributed by atoms with E-state index in [0.29, 0.717) is 5.11 Å². The van der Waals surface area contributed by atoms with Gasteiger partial charge in [-0.25, -0.2) is 4.39 Å². The normalized spacial score (nSPS) is 17.6. The van der Waals surface area contributed by atoms with Gasteiger partial charge in [0.15, 0.2) is 5.11 Å². The minimum absolute atomic E-state index is 0.0705. The average Bonchev–Trinajstić information content (AvgIpc) is 3.46. The topological polar surface area (TPSA) is 42.3 Å². The van der Waals surface area contributed by atoms with Crippen LogP contribution in [0.4, 0.5) is 10.1 Å². The fourth-order valence-corrected chi connectivity index (χ4v) is 4.92. The van der Waals surface area contributed by atoms with Crippen LogP contribution in [0.3, 0.4) is 0 Å². The maximum absolute atomic E-state index is 13.9. The molecule has 1 aliphatic heterocycles. The zero-order valence-corrected chi connectivity index (χ0v) is 20.8. The summed E-state index contributed by atoms with van der Waals surface area (Å²) >= 11 is 11.9. The van der Waals surface area contributed by atoms with Gasteiger partial charge in [0.05, 0.1) is 22.9 Å². The van der Waals surface area contributed by atoms with Crippen LogP contribution in [0.2, 0.25) is 5.02 Å². The quantitative estimate of drug-likeness (QED) is 0.297. The van der Waals surface area contributed by atoms with Gasteiger partial charge in [-0.1, -0.05) is 17.7 Å². The van der Waals surface area contributed by atoms with Crippen LogP contribution < -0.4 is 15.0 Å². The molecule has 0 amide bonds. The van der Waals surface area contributed by atoms with Crippen LogP contribution in [-0.2, 0) is 0 Å². The van der Waals surface area contributed by atoms with Gasteiger partial charge in [-0.05, 0) is 92.8 Å². The molecule has 0 unspecified atom stereocenters. The maximum atomic E-state index is 13.9. The molecule has 1 aliphatic rings. The summed E-state index contributed by atoms with van der Waals surface area (Å²) in [4.78, 5) is 6.70. The highest BCUT2D eigenvalue weighted by Gasteiger charge is 2.42. The summed E-state index contributed by atoms with van der Waals surface area (Å²) in [5, 5.41) is 4.13. The second-order valence-corrected chi connectivity index (χ2v) is 9.35. The lowest BCUT2D eigenvalue weighted by molar-refractivity contribution is 0.242. The molecule has 35 heavy (non-hydrogen) atoms. The van der Waals surface area contributed by atoms with E-state index in [1.54, 1.807) is 18.3 Å². The van der Waals surface area contributed by atoms with E-state index < -0.39 is 5.82 Å². The molecule has 0 radical (unpaired) electrons. The van der Waals surface area contributed by atoms with Gasteiger partial charge < -0.3 is 19.5 Å². The van der Waals surface area contributed by atoms with Crippen LogP contribution in [0.25, 0.3) is 5.69 Å². The second kappa shape index (κ2) is 9.68. The van der Waals surface area contributed by atoms with E-state index in [9.17, 15) is 4.39 Å². The van der Waals surface area contributed by atoms with Crippen LogP contribution in [0.5, 0.6) is 5.75 Å². The van der Waals surface area contributed by atoms with Crippen molar-refractivity contribution in [2.75, 3.05) is 4.90 Å². The van der Waals surface area contributed by atoms with Gasteiger partial charge in [0, 0.05) is 29.5 Å². The molecule has 5 rings (SSSR count). The minimum Gasteiger partial charge on any atom is -0.491 e. The van der Waals surface area contributed by atoms with Crippen molar-refractivity contribution >= 4 is 34.6 Å². The lowest BCUT2D eigenvalue weighted by atomic mass is 10.0. The molecule has 5 nitrogen and oxygen atoms in total. The standard InChI is InChI=1S/C27H24ClFN4OS/c1-17(2)34-20-11-8-18(9-12-20)33-26(25(31-27(33)35)23-6-3-4-14-30-23)24-7-5-15-32(24)19-10-13-22(29)21(28)16-19/h3-17,25-26H,1-2H3,(H,31,35)/t25-,26+/m1/s1. The van der Waals surface area contributed by atoms with E-state index in [0.717, 1.165) is 28.5 Å². The van der Waals surface area contributed by atoms with Crippen LogP contribution in [0.15, 0.2) is 85.2 Å². The number of ether oxygens (including phenoxy) is 1. The largest absolute Gasteiger partial charge is 0.491 e. The number of nitrogens with zero attached hydrogens (tertiary/aromatic N) is 3. The summed E-state index contributed by atoms with van der Waals surface area (Å²) in [6, 6.07) is 22.0. The van der Waals surface area contributed by atoms with Crippen molar-refractivity contribution in [1.82, 2.24) is 14.9 Å². The molecular weight excluding hydrogens is 483 g/mol. The number of pyridine rings is 1. The molecule has 2 aromatic heterocycles. The number of anilines is 1. The summed E-state index contributed by atoms with van der Waals surface area (Å²) in [6.07, 6.45) is 3.80. The molecule has 0 aliphatic carbocycles. The average molecular weight is 507 g/mol. The van der Waals surface area contributed by atoms with Gasteiger partial charge in [-0.3, -0.25) is 4.98 Å². The third kappa shape index (κ3) is 4.61. The zero-order chi connectivity index (χ0) is 24.5. The van der Waals surface area contributed by atoms with Crippen molar-refractivity contribution in [2.24, 2.45) is 0 Å². The molecule has 0 spiro atoms. The van der Waals surface area contributed by atoms with Gasteiger partial charge in [-0.2, -0.15) is 0 Å². The van der Waals surface area contributed by atoms with Gasteiger partial charge >= 0.3 is 0 Å². The van der Waals surface area contributed by atoms with Crippen molar-refractivity contribution in [3.8, 4) is 11.4 Å². The van der Waals surface area contributed by atoms with Gasteiger partial charge in [0.2, 0.25) is 0 Å². The van der Waals surface area contributed by atoms with Gasteiger partial charge in [0.1, 0.15) is 17.6 Å². The molecule has 1 N–H and O–H groups in total. The van der Waals surface area contributed by atoms with Crippen molar-refractivity contribution in [1.29, 1.82) is 0 Å². The van der Waals surface area contributed by atoms with E-state index >= 15 is 0 Å². The first-order valence-electron chi connectivity index (χ1n) is 11.3. The first-order valence-corrected chi connectivity index (χ1v) is 12.1. The Morgan fingerprint density at radius 3 is 2.49 bits per heavy atom. The fourth-order valence-electron chi connectivity index (χ4n) is 4.40. The van der Waals surface area contributed by atoms with Crippen molar-refractivity contribution < 1.29 is 9.13 Å². The summed E-state index contributed by atoms with van der Waals surface area (Å²) in [6.45, 7) is 3.99. The van der Waals surface area contributed by atoms with Crippen molar-refractivity contribution in [2.45, 2.75) is 32.0 Å². The lowest BCUT2D eigenvalue weighted by Crippen LogP contribution is -2.30. The number of aromatic nitrogens is 2. The SMILES string of the molecule is CC(C)Oc1ccc(N2C(=S)N[C@H](c3ccccn3)[C@@H]2c2cccn2-c2ccc(F)c(Cl)c2)cc1. The molecular formula is C27H24ClFN4OS. The number of halogens is 2. The molecule has 2 atom stereocenters. The van der Waals surface area contributed by atoms with E-state index in [1.807, 2.05) is 79.2 Å². The molecule has 2 aromatic carbocycles. The number of benzene rings is 2. The molecule has 178 valence electrons. The Balaban J connectivity index is 1.61. The summed E-state index contributed by atoms with van der Waals surface area (Å²) < 4.78 is 21.7. The Labute approximate surface area is 214 Å². The van der Waals surface area contributed by atoms with Crippen LogP contribution >= 0.6 is 23.8 Å². The zero-order valence-electron chi connectivity index (χ0n) is 19.2. The van der Waals surface area contributed by atoms with E-state index in [1.165, 1.54) is 6.07 Å². The molecule has 3 heterocycles. The molecule has 8 heteroatoms. The van der Waals surface area contributed by atoms with E-state index in [2.05, 4.69) is 15.2 Å². The molecule has 0 saturated carbocycles. The van der Waals surface area contributed by atoms with Crippen molar-refractivity contribution in [3.05, 3.63) is 107 Å². The number of hydrogen-bond acceptors (Lipinski definition) is 3. The van der Waals surface area contributed by atoms with Crippen LogP contribution in [-0.4, -0.2) is 20.8 Å². The third-order valence-electron chi connectivity index (χ3n) is 5.85. The third-order valence-corrected chi connectivity index (χ3v) is 6.45. The summed E-state index contributed by atoms with van der Waals surface area (Å²) in [5.74, 6) is 0.341. The molecule has 1 saturated heterocycles. The Morgan fingerprint density at radius 1 is 1.03 bits per heavy atom. The second-order valence-electron chi connectivity index (χ2n) is 8.56. The maximum Gasteiger partial charge on any atom is 0.174 e. The predicted octanol–water partition coefficient (Wildman–Crippen LogP) is 6.63. The Kier molecular flexibility index (Phi) is 6.45. The predicted molar refractivity (Wildman–Crippen MR) is 141 cm³/mol. The smallest absolute Gasteiger partial charge is 0.174 e. The Hall–Kier alpha value is -3.42.